The average Bonchev–Trinajstić information content (AvgIpc) is 2.46. The molecule has 0 aliphatic rings. The molecule has 0 saturated heterocycles. The molecule has 1 aromatic carbocycles. The predicted molar refractivity (Wildman–Crippen MR) is 78.1 cm³/mol. The quantitative estimate of drug-likeness (QED) is 0.307. The lowest BCUT2D eigenvalue weighted by Crippen LogP contribution is -2.08. The van der Waals surface area contributed by atoms with Gasteiger partial charge in [-0.25, -0.2) is 4.79 Å². The van der Waals surface area contributed by atoms with Crippen LogP contribution in [0.2, 0.25) is 0 Å². The molecular formula is C16H22O4. The van der Waals surface area contributed by atoms with E-state index in [4.69, 9.17) is 14.6 Å². The first kappa shape index (κ1) is 16.2. The molecule has 0 radical (unpaired) electrons. The highest BCUT2D eigenvalue weighted by Crippen LogP contribution is 2.08. The van der Waals surface area contributed by atoms with Crippen LogP contribution in [0.5, 0.6) is 0 Å². The van der Waals surface area contributed by atoms with Crippen molar-refractivity contribution in [1.82, 2.24) is 0 Å². The van der Waals surface area contributed by atoms with E-state index in [0.29, 0.717) is 6.61 Å². The van der Waals surface area contributed by atoms with E-state index >= 15 is 0 Å². The van der Waals surface area contributed by atoms with Crippen LogP contribution in [0.25, 0.3) is 6.08 Å². The summed E-state index contributed by atoms with van der Waals surface area (Å²) in [7, 11) is 0. The fourth-order valence-corrected chi connectivity index (χ4v) is 1.66. The second kappa shape index (κ2) is 10.0. The molecule has 4 heteroatoms. The second-order valence-electron chi connectivity index (χ2n) is 4.46. The molecule has 0 heterocycles. The van der Waals surface area contributed by atoms with Crippen LogP contribution in [0.15, 0.2) is 36.1 Å². The highest BCUT2D eigenvalue weighted by molar-refractivity contribution is 5.89. The maximum atomic E-state index is 11.1. The number of benzene rings is 1. The van der Waals surface area contributed by atoms with Gasteiger partial charge in [-0.2, -0.15) is 0 Å². The molecule has 1 rings (SSSR count). The summed E-state index contributed by atoms with van der Waals surface area (Å²) in [6.45, 7) is 2.72. The van der Waals surface area contributed by atoms with Gasteiger partial charge >= 0.3 is 5.97 Å². The third-order valence-corrected chi connectivity index (χ3v) is 2.75. The Hall–Kier alpha value is -1.81. The first-order valence-electron chi connectivity index (χ1n) is 6.94. The molecular weight excluding hydrogens is 256 g/mol. The number of aliphatic carboxylic acids is 1. The van der Waals surface area contributed by atoms with Crippen LogP contribution in [0.1, 0.15) is 38.2 Å². The Balaban J connectivity index is 2.34. The van der Waals surface area contributed by atoms with Crippen molar-refractivity contribution < 1.29 is 19.4 Å². The number of hydrogen-bond acceptors (Lipinski definition) is 3. The Bertz CT molecular complexity index is 412. The first-order chi connectivity index (χ1) is 9.74. The largest absolute Gasteiger partial charge is 0.475 e. The molecule has 1 N–H and O–H groups in total. The van der Waals surface area contributed by atoms with Crippen LogP contribution in [0.3, 0.4) is 0 Å². The van der Waals surface area contributed by atoms with Crippen molar-refractivity contribution in [2.45, 2.75) is 32.6 Å². The summed E-state index contributed by atoms with van der Waals surface area (Å²) in [6.07, 6.45) is 5.96. The summed E-state index contributed by atoms with van der Waals surface area (Å²) in [5, 5.41) is 9.06. The molecule has 0 atom stereocenters. The zero-order valence-corrected chi connectivity index (χ0v) is 11.9. The Kier molecular flexibility index (Phi) is 8.15. The molecule has 0 fully saturated rings. The maximum Gasteiger partial charge on any atom is 0.371 e. The molecule has 4 nitrogen and oxygen atoms in total. The number of ether oxygens (including phenoxy) is 2. The highest BCUT2D eigenvalue weighted by Gasteiger charge is 2.08. The SMILES string of the molecule is CCCCCCOCOC(=Cc1ccccc1)C(=O)O. The topological polar surface area (TPSA) is 55.8 Å². The van der Waals surface area contributed by atoms with Crippen LogP contribution < -0.4 is 0 Å². The first-order valence-corrected chi connectivity index (χ1v) is 6.94. The Morgan fingerprint density at radius 1 is 1.20 bits per heavy atom. The van der Waals surface area contributed by atoms with Crippen molar-refractivity contribution in [3.63, 3.8) is 0 Å². The van der Waals surface area contributed by atoms with Gasteiger partial charge < -0.3 is 14.6 Å². The molecule has 20 heavy (non-hydrogen) atoms. The van der Waals surface area contributed by atoms with Crippen molar-refractivity contribution >= 4 is 12.0 Å². The zero-order chi connectivity index (χ0) is 14.6. The average molecular weight is 278 g/mol. The van der Waals surface area contributed by atoms with Gasteiger partial charge in [-0.3, -0.25) is 0 Å². The fourth-order valence-electron chi connectivity index (χ4n) is 1.66. The van der Waals surface area contributed by atoms with E-state index < -0.39 is 5.97 Å². The summed E-state index contributed by atoms with van der Waals surface area (Å²) in [5.41, 5.74) is 0.785. The molecule has 0 saturated carbocycles. The normalized spacial score (nSPS) is 11.3. The van der Waals surface area contributed by atoms with Crippen molar-refractivity contribution in [3.8, 4) is 0 Å². The number of unbranched alkanes of at least 4 members (excludes halogenated alkanes) is 3. The summed E-state index contributed by atoms with van der Waals surface area (Å²) >= 11 is 0. The molecule has 0 unspecified atom stereocenters. The Labute approximate surface area is 120 Å². The molecule has 0 aromatic heterocycles. The van der Waals surface area contributed by atoms with Gasteiger partial charge in [0, 0.05) is 0 Å². The van der Waals surface area contributed by atoms with E-state index in [1.807, 2.05) is 30.3 Å². The minimum atomic E-state index is -1.09. The fraction of sp³-hybridized carbons (Fsp3) is 0.438. The van der Waals surface area contributed by atoms with Crippen molar-refractivity contribution in [1.29, 1.82) is 0 Å². The summed E-state index contributed by atoms with van der Waals surface area (Å²) in [5.74, 6) is -1.20. The maximum absolute atomic E-state index is 11.1. The Morgan fingerprint density at radius 3 is 2.60 bits per heavy atom. The van der Waals surface area contributed by atoms with Gasteiger partial charge in [-0.05, 0) is 18.1 Å². The van der Waals surface area contributed by atoms with Gasteiger partial charge in [0.2, 0.25) is 5.76 Å². The van der Waals surface area contributed by atoms with E-state index in [1.165, 1.54) is 18.9 Å². The van der Waals surface area contributed by atoms with Gasteiger partial charge in [0.15, 0.2) is 6.79 Å². The Morgan fingerprint density at radius 2 is 1.95 bits per heavy atom. The van der Waals surface area contributed by atoms with Gasteiger partial charge in [-0.15, -0.1) is 0 Å². The number of carbonyl (C=O) groups is 1. The zero-order valence-electron chi connectivity index (χ0n) is 11.9. The summed E-state index contributed by atoms with van der Waals surface area (Å²) < 4.78 is 10.4. The molecule has 110 valence electrons. The van der Waals surface area contributed by atoms with E-state index in [1.54, 1.807) is 0 Å². The molecule has 1 aromatic rings. The van der Waals surface area contributed by atoms with Crippen LogP contribution in [-0.2, 0) is 14.3 Å². The molecule has 0 aliphatic carbocycles. The van der Waals surface area contributed by atoms with E-state index in [9.17, 15) is 4.79 Å². The molecule has 0 aliphatic heterocycles. The number of rotatable bonds is 10. The van der Waals surface area contributed by atoms with Gasteiger partial charge in [0.05, 0.1) is 6.61 Å². The van der Waals surface area contributed by atoms with Crippen LogP contribution in [-0.4, -0.2) is 24.5 Å². The third-order valence-electron chi connectivity index (χ3n) is 2.75. The minimum Gasteiger partial charge on any atom is -0.475 e. The lowest BCUT2D eigenvalue weighted by atomic mass is 10.2. The second-order valence-corrected chi connectivity index (χ2v) is 4.46. The lowest BCUT2D eigenvalue weighted by Gasteiger charge is -2.07. The van der Waals surface area contributed by atoms with Crippen LogP contribution >= 0.6 is 0 Å². The van der Waals surface area contributed by atoms with Crippen LogP contribution in [0, 0.1) is 0 Å². The third kappa shape index (κ3) is 6.95. The highest BCUT2D eigenvalue weighted by atomic mass is 16.7. The smallest absolute Gasteiger partial charge is 0.371 e. The van der Waals surface area contributed by atoms with E-state index in [0.717, 1.165) is 18.4 Å². The monoisotopic (exact) mass is 278 g/mol. The molecule has 0 amide bonds. The standard InChI is InChI=1S/C16H22O4/c1-2-3-4-8-11-19-13-20-15(16(17)18)12-14-9-6-5-7-10-14/h5-7,9-10,12H,2-4,8,11,13H2,1H3,(H,17,18). The van der Waals surface area contributed by atoms with E-state index in [2.05, 4.69) is 6.92 Å². The lowest BCUT2D eigenvalue weighted by molar-refractivity contribution is -0.139. The van der Waals surface area contributed by atoms with Gasteiger partial charge in [0.25, 0.3) is 0 Å². The predicted octanol–water partition coefficient (Wildman–Crippen LogP) is 3.68. The van der Waals surface area contributed by atoms with Crippen LogP contribution in [0.4, 0.5) is 0 Å². The number of carboxylic acids is 1. The van der Waals surface area contributed by atoms with Crippen molar-refractivity contribution in [2.24, 2.45) is 0 Å². The summed E-state index contributed by atoms with van der Waals surface area (Å²) in [6, 6.07) is 9.19. The van der Waals surface area contributed by atoms with Crippen molar-refractivity contribution in [2.75, 3.05) is 13.4 Å². The molecule has 0 bridgehead atoms. The number of hydrogen-bond donors (Lipinski definition) is 1. The summed E-state index contributed by atoms with van der Waals surface area (Å²) in [4.78, 5) is 11.1. The minimum absolute atomic E-state index is 0.0307. The van der Waals surface area contributed by atoms with E-state index in [-0.39, 0.29) is 12.6 Å². The van der Waals surface area contributed by atoms with Gasteiger partial charge in [0.1, 0.15) is 0 Å². The number of carboxylic acid groups (broad SMARTS) is 1. The van der Waals surface area contributed by atoms with Crippen molar-refractivity contribution in [3.05, 3.63) is 41.7 Å². The molecule has 0 spiro atoms. The van der Waals surface area contributed by atoms with Gasteiger partial charge in [-0.1, -0.05) is 56.5 Å².